The summed E-state index contributed by atoms with van der Waals surface area (Å²) in [6.45, 7) is 0. The van der Waals surface area contributed by atoms with Crippen LogP contribution in [0.3, 0.4) is 0 Å². The summed E-state index contributed by atoms with van der Waals surface area (Å²) in [4.78, 5) is 16.1. The third-order valence-electron chi connectivity index (χ3n) is 3.92. The van der Waals surface area contributed by atoms with Crippen molar-refractivity contribution in [3.05, 3.63) is 54.4 Å². The number of aromatic nitrogens is 2. The minimum absolute atomic E-state index is 0.228. The highest BCUT2D eigenvalue weighted by atomic mass is 19.1. The number of hydrogen-bond donors (Lipinski definition) is 1. The predicted molar refractivity (Wildman–Crippen MR) is 72.7 cm³/mol. The second-order valence-corrected chi connectivity index (χ2v) is 5.20. The maximum atomic E-state index is 13.5. The lowest BCUT2D eigenvalue weighted by Gasteiger charge is -2.31. The Morgan fingerprint density at radius 3 is 2.80 bits per heavy atom. The number of imidazole rings is 1. The van der Waals surface area contributed by atoms with Crippen molar-refractivity contribution in [1.29, 1.82) is 0 Å². The first-order valence-electron chi connectivity index (χ1n) is 6.76. The molecule has 4 nitrogen and oxygen atoms in total. The van der Waals surface area contributed by atoms with Crippen molar-refractivity contribution in [3.63, 3.8) is 0 Å². The highest BCUT2D eigenvalue weighted by Crippen LogP contribution is 2.39. The molecule has 0 atom stereocenters. The number of amides is 1. The van der Waals surface area contributed by atoms with E-state index in [1.807, 2.05) is 6.07 Å². The smallest absolute Gasteiger partial charge is 0.327 e. The summed E-state index contributed by atoms with van der Waals surface area (Å²) in [6.07, 6.45) is 8.34. The fourth-order valence-electron chi connectivity index (χ4n) is 2.90. The van der Waals surface area contributed by atoms with Gasteiger partial charge in [0, 0.05) is 12.4 Å². The molecule has 1 aromatic heterocycles. The number of carbonyl (C=O) groups excluding carboxylic acids is 1. The molecule has 104 valence electrons. The standard InChI is InChI=1S/C15H16FN3O/c16-13-5-3-4-12(10-13)15(6-1-2-7-15)18-14(20)19-9-8-17-11-19/h3-5,8-11H,1-2,6-7H2,(H,18,20). The van der Waals surface area contributed by atoms with Crippen molar-refractivity contribution >= 4 is 6.03 Å². The van der Waals surface area contributed by atoms with Crippen LogP contribution < -0.4 is 5.32 Å². The lowest BCUT2D eigenvalue weighted by Crippen LogP contribution is -2.45. The molecule has 0 aliphatic heterocycles. The summed E-state index contributed by atoms with van der Waals surface area (Å²) in [5.41, 5.74) is 0.368. The SMILES string of the molecule is O=C(NC1(c2cccc(F)c2)CCCC1)n1ccnc1. The fraction of sp³-hybridized carbons (Fsp3) is 0.333. The average molecular weight is 273 g/mol. The Morgan fingerprint density at radius 1 is 1.35 bits per heavy atom. The van der Waals surface area contributed by atoms with Crippen molar-refractivity contribution in [1.82, 2.24) is 14.9 Å². The van der Waals surface area contributed by atoms with Crippen LogP contribution in [0.5, 0.6) is 0 Å². The summed E-state index contributed by atoms with van der Waals surface area (Å²) in [5, 5.41) is 3.06. The zero-order valence-electron chi connectivity index (χ0n) is 11.1. The molecule has 1 aromatic carbocycles. The molecule has 5 heteroatoms. The molecular weight excluding hydrogens is 257 g/mol. The van der Waals surface area contributed by atoms with Gasteiger partial charge in [0.15, 0.2) is 0 Å². The van der Waals surface area contributed by atoms with Crippen molar-refractivity contribution < 1.29 is 9.18 Å². The van der Waals surface area contributed by atoms with Gasteiger partial charge in [0.1, 0.15) is 12.1 Å². The molecule has 0 saturated heterocycles. The molecule has 20 heavy (non-hydrogen) atoms. The lowest BCUT2D eigenvalue weighted by molar-refractivity contribution is 0.226. The quantitative estimate of drug-likeness (QED) is 0.914. The van der Waals surface area contributed by atoms with Gasteiger partial charge in [0.05, 0.1) is 5.54 Å². The summed E-state index contributed by atoms with van der Waals surface area (Å²) < 4.78 is 14.9. The van der Waals surface area contributed by atoms with E-state index in [1.165, 1.54) is 23.0 Å². The van der Waals surface area contributed by atoms with E-state index in [2.05, 4.69) is 10.3 Å². The van der Waals surface area contributed by atoms with Gasteiger partial charge >= 0.3 is 6.03 Å². The van der Waals surface area contributed by atoms with Crippen LogP contribution in [0.15, 0.2) is 43.0 Å². The number of rotatable bonds is 2. The van der Waals surface area contributed by atoms with Crippen LogP contribution in [0.2, 0.25) is 0 Å². The van der Waals surface area contributed by atoms with Gasteiger partial charge in [-0.2, -0.15) is 0 Å². The Labute approximate surface area is 116 Å². The molecule has 1 aliphatic rings. The normalized spacial score (nSPS) is 17.1. The molecule has 1 aliphatic carbocycles. The van der Waals surface area contributed by atoms with Gasteiger partial charge < -0.3 is 5.32 Å². The zero-order valence-corrected chi connectivity index (χ0v) is 11.1. The minimum Gasteiger partial charge on any atom is -0.328 e. The molecule has 1 fully saturated rings. The second kappa shape index (κ2) is 5.07. The molecule has 2 aromatic rings. The molecule has 3 rings (SSSR count). The van der Waals surface area contributed by atoms with Gasteiger partial charge in [0.2, 0.25) is 0 Å². The number of nitrogens with one attached hydrogen (secondary N) is 1. The van der Waals surface area contributed by atoms with E-state index in [0.717, 1.165) is 31.2 Å². The molecule has 1 saturated carbocycles. The monoisotopic (exact) mass is 273 g/mol. The Balaban J connectivity index is 1.90. The number of carbonyl (C=O) groups is 1. The lowest BCUT2D eigenvalue weighted by atomic mass is 9.88. The van der Waals surface area contributed by atoms with Crippen LogP contribution in [0.1, 0.15) is 31.2 Å². The number of hydrogen-bond acceptors (Lipinski definition) is 2. The van der Waals surface area contributed by atoms with E-state index < -0.39 is 5.54 Å². The summed E-state index contributed by atoms with van der Waals surface area (Å²) in [6, 6.07) is 6.27. The topological polar surface area (TPSA) is 46.9 Å². The number of nitrogens with zero attached hydrogens (tertiary/aromatic N) is 2. The first kappa shape index (κ1) is 12.8. The second-order valence-electron chi connectivity index (χ2n) is 5.20. The van der Waals surface area contributed by atoms with Crippen molar-refractivity contribution in [2.24, 2.45) is 0 Å². The minimum atomic E-state index is -0.469. The first-order chi connectivity index (χ1) is 9.70. The maximum Gasteiger partial charge on any atom is 0.327 e. The molecule has 0 bridgehead atoms. The first-order valence-corrected chi connectivity index (χ1v) is 6.76. The Hall–Kier alpha value is -2.17. The van der Waals surface area contributed by atoms with E-state index in [0.29, 0.717) is 0 Å². The third-order valence-corrected chi connectivity index (χ3v) is 3.92. The van der Waals surface area contributed by atoms with Gasteiger partial charge in [-0.3, -0.25) is 4.57 Å². The van der Waals surface area contributed by atoms with Gasteiger partial charge in [-0.1, -0.05) is 25.0 Å². The van der Waals surface area contributed by atoms with Crippen molar-refractivity contribution in [3.8, 4) is 0 Å². The van der Waals surface area contributed by atoms with Crippen LogP contribution in [-0.4, -0.2) is 15.6 Å². The predicted octanol–water partition coefficient (Wildman–Crippen LogP) is 3.05. The third kappa shape index (κ3) is 2.31. The van der Waals surface area contributed by atoms with Gasteiger partial charge in [-0.15, -0.1) is 0 Å². The Bertz CT molecular complexity index is 603. The van der Waals surface area contributed by atoms with Crippen LogP contribution >= 0.6 is 0 Å². The van der Waals surface area contributed by atoms with Crippen molar-refractivity contribution in [2.45, 2.75) is 31.2 Å². The molecule has 1 amide bonds. The average Bonchev–Trinajstić information content (AvgIpc) is 3.10. The zero-order chi connectivity index (χ0) is 14.0. The molecule has 0 unspecified atom stereocenters. The molecule has 0 spiro atoms. The van der Waals surface area contributed by atoms with Crippen LogP contribution in [-0.2, 0) is 5.54 Å². The van der Waals surface area contributed by atoms with Crippen molar-refractivity contribution in [2.75, 3.05) is 0 Å². The van der Waals surface area contributed by atoms with E-state index in [1.54, 1.807) is 18.5 Å². The Morgan fingerprint density at radius 2 is 2.15 bits per heavy atom. The van der Waals surface area contributed by atoms with Crippen LogP contribution in [0.25, 0.3) is 0 Å². The van der Waals surface area contributed by atoms with Gasteiger partial charge in [-0.05, 0) is 30.5 Å². The summed E-state index contributed by atoms with van der Waals surface area (Å²) in [7, 11) is 0. The van der Waals surface area contributed by atoms with E-state index in [4.69, 9.17) is 0 Å². The van der Waals surface area contributed by atoms with Gasteiger partial charge in [0.25, 0.3) is 0 Å². The number of halogens is 1. The van der Waals surface area contributed by atoms with Crippen LogP contribution in [0, 0.1) is 5.82 Å². The highest BCUT2D eigenvalue weighted by molar-refractivity contribution is 5.77. The molecule has 1 N–H and O–H groups in total. The van der Waals surface area contributed by atoms with E-state index in [9.17, 15) is 9.18 Å². The van der Waals surface area contributed by atoms with E-state index >= 15 is 0 Å². The summed E-state index contributed by atoms with van der Waals surface area (Å²) in [5.74, 6) is -0.273. The fourth-order valence-corrected chi connectivity index (χ4v) is 2.90. The molecular formula is C15H16FN3O. The van der Waals surface area contributed by atoms with Gasteiger partial charge in [-0.25, -0.2) is 14.2 Å². The Kier molecular flexibility index (Phi) is 3.26. The molecule has 0 radical (unpaired) electrons. The largest absolute Gasteiger partial charge is 0.328 e. The summed E-state index contributed by atoms with van der Waals surface area (Å²) >= 11 is 0. The maximum absolute atomic E-state index is 13.5. The highest BCUT2D eigenvalue weighted by Gasteiger charge is 2.37. The molecule has 1 heterocycles. The van der Waals surface area contributed by atoms with Crippen LogP contribution in [0.4, 0.5) is 9.18 Å². The van der Waals surface area contributed by atoms with E-state index in [-0.39, 0.29) is 11.8 Å². The number of benzene rings is 1.